The molecule has 1 saturated heterocycles. The fourth-order valence-corrected chi connectivity index (χ4v) is 3.10. The van der Waals surface area contributed by atoms with Crippen LogP contribution in [0.1, 0.15) is 36.7 Å². The van der Waals surface area contributed by atoms with Crippen molar-refractivity contribution in [1.29, 1.82) is 0 Å². The van der Waals surface area contributed by atoms with Crippen LogP contribution in [-0.4, -0.2) is 30.3 Å². The Morgan fingerprint density at radius 2 is 2.25 bits per heavy atom. The highest BCUT2D eigenvalue weighted by atomic mass is 16.3. The number of carbonyl (C=O) groups excluding carboxylic acids is 1. The molecule has 0 radical (unpaired) electrons. The van der Waals surface area contributed by atoms with Gasteiger partial charge >= 0.3 is 0 Å². The van der Waals surface area contributed by atoms with Crippen molar-refractivity contribution in [2.45, 2.75) is 26.2 Å². The SMILES string of the molecule is CCCC1CCN(CC(=O)c2cc3ccccc3o2)C1. The number of fused-ring (bicyclic) bond motifs is 1. The van der Waals surface area contributed by atoms with E-state index < -0.39 is 0 Å². The second-order valence-electron chi connectivity index (χ2n) is 5.75. The first-order chi connectivity index (χ1) is 9.76. The molecule has 1 aliphatic rings. The Morgan fingerprint density at radius 3 is 3.05 bits per heavy atom. The van der Waals surface area contributed by atoms with Crippen LogP contribution < -0.4 is 0 Å². The molecule has 1 fully saturated rings. The molecule has 1 aromatic carbocycles. The van der Waals surface area contributed by atoms with Crippen LogP contribution in [-0.2, 0) is 0 Å². The Morgan fingerprint density at radius 1 is 1.40 bits per heavy atom. The first-order valence-corrected chi connectivity index (χ1v) is 7.50. The number of carbonyl (C=O) groups is 1. The van der Waals surface area contributed by atoms with E-state index in [1.165, 1.54) is 19.3 Å². The van der Waals surface area contributed by atoms with Gasteiger partial charge < -0.3 is 4.42 Å². The van der Waals surface area contributed by atoms with Crippen molar-refractivity contribution in [3.8, 4) is 0 Å². The third-order valence-corrected chi connectivity index (χ3v) is 4.13. The summed E-state index contributed by atoms with van der Waals surface area (Å²) < 4.78 is 5.64. The van der Waals surface area contributed by atoms with E-state index in [0.717, 1.165) is 30.0 Å². The zero-order valence-corrected chi connectivity index (χ0v) is 12.0. The molecule has 20 heavy (non-hydrogen) atoms. The van der Waals surface area contributed by atoms with Crippen LogP contribution in [0.2, 0.25) is 0 Å². The van der Waals surface area contributed by atoms with Gasteiger partial charge in [0.25, 0.3) is 0 Å². The van der Waals surface area contributed by atoms with E-state index in [9.17, 15) is 4.79 Å². The molecule has 0 bridgehead atoms. The van der Waals surface area contributed by atoms with Crippen molar-refractivity contribution in [3.63, 3.8) is 0 Å². The van der Waals surface area contributed by atoms with Crippen molar-refractivity contribution in [1.82, 2.24) is 4.90 Å². The van der Waals surface area contributed by atoms with Crippen molar-refractivity contribution in [3.05, 3.63) is 36.1 Å². The Labute approximate surface area is 119 Å². The first kappa shape index (κ1) is 13.4. The number of para-hydroxylation sites is 1. The highest BCUT2D eigenvalue weighted by Gasteiger charge is 2.24. The molecule has 3 nitrogen and oxygen atoms in total. The van der Waals surface area contributed by atoms with Gasteiger partial charge in [0, 0.05) is 11.9 Å². The van der Waals surface area contributed by atoms with E-state index >= 15 is 0 Å². The topological polar surface area (TPSA) is 33.5 Å². The Balaban J connectivity index is 1.64. The number of likely N-dealkylation sites (tertiary alicyclic amines) is 1. The number of nitrogens with zero attached hydrogens (tertiary/aromatic N) is 1. The maximum atomic E-state index is 12.3. The highest BCUT2D eigenvalue weighted by Crippen LogP contribution is 2.23. The molecule has 1 unspecified atom stereocenters. The molecule has 0 aliphatic carbocycles. The van der Waals surface area contributed by atoms with Gasteiger partial charge in [0.2, 0.25) is 5.78 Å². The van der Waals surface area contributed by atoms with Crippen LogP contribution in [0, 0.1) is 5.92 Å². The molecule has 1 aromatic heterocycles. The average molecular weight is 271 g/mol. The monoisotopic (exact) mass is 271 g/mol. The van der Waals surface area contributed by atoms with Crippen molar-refractivity contribution in [2.75, 3.05) is 19.6 Å². The summed E-state index contributed by atoms with van der Waals surface area (Å²) in [6.07, 6.45) is 3.73. The van der Waals surface area contributed by atoms with Crippen molar-refractivity contribution >= 4 is 16.8 Å². The number of hydrogen-bond acceptors (Lipinski definition) is 3. The minimum Gasteiger partial charge on any atom is -0.453 e. The molecule has 0 N–H and O–H groups in total. The summed E-state index contributed by atoms with van der Waals surface area (Å²) in [4.78, 5) is 14.6. The summed E-state index contributed by atoms with van der Waals surface area (Å²) in [6, 6.07) is 9.62. The molecular formula is C17H21NO2. The lowest BCUT2D eigenvalue weighted by Gasteiger charge is -2.13. The van der Waals surface area contributed by atoms with E-state index in [2.05, 4.69) is 11.8 Å². The van der Waals surface area contributed by atoms with Crippen LogP contribution >= 0.6 is 0 Å². The summed E-state index contributed by atoms with van der Waals surface area (Å²) in [5, 5.41) is 1.00. The quantitative estimate of drug-likeness (QED) is 0.777. The number of furan rings is 1. The number of ketones is 1. The van der Waals surface area contributed by atoms with E-state index in [0.29, 0.717) is 12.3 Å². The van der Waals surface area contributed by atoms with Gasteiger partial charge in [-0.15, -0.1) is 0 Å². The zero-order valence-electron chi connectivity index (χ0n) is 12.0. The van der Waals surface area contributed by atoms with Crippen LogP contribution in [0.3, 0.4) is 0 Å². The second kappa shape index (κ2) is 5.80. The molecule has 0 amide bonds. The number of rotatable bonds is 5. The van der Waals surface area contributed by atoms with E-state index in [-0.39, 0.29) is 5.78 Å². The molecule has 0 saturated carbocycles. The van der Waals surface area contributed by atoms with Crippen LogP contribution in [0.5, 0.6) is 0 Å². The Kier molecular flexibility index (Phi) is 3.88. The van der Waals surface area contributed by atoms with Gasteiger partial charge in [-0.05, 0) is 37.4 Å². The summed E-state index contributed by atoms with van der Waals surface area (Å²) in [5.41, 5.74) is 0.793. The van der Waals surface area contributed by atoms with E-state index in [1.807, 2.05) is 30.3 Å². The molecule has 2 aromatic rings. The van der Waals surface area contributed by atoms with Gasteiger partial charge in [0.15, 0.2) is 5.76 Å². The fourth-order valence-electron chi connectivity index (χ4n) is 3.10. The van der Waals surface area contributed by atoms with Crippen molar-refractivity contribution in [2.24, 2.45) is 5.92 Å². The van der Waals surface area contributed by atoms with Gasteiger partial charge in [-0.2, -0.15) is 0 Å². The maximum absolute atomic E-state index is 12.3. The largest absolute Gasteiger partial charge is 0.453 e. The van der Waals surface area contributed by atoms with Gasteiger partial charge in [-0.1, -0.05) is 31.5 Å². The Hall–Kier alpha value is -1.61. The maximum Gasteiger partial charge on any atom is 0.211 e. The van der Waals surface area contributed by atoms with Crippen LogP contribution in [0.15, 0.2) is 34.7 Å². The minimum atomic E-state index is 0.0957. The average Bonchev–Trinajstić information content (AvgIpc) is 3.05. The summed E-state index contributed by atoms with van der Waals surface area (Å²) in [5.74, 6) is 1.35. The summed E-state index contributed by atoms with van der Waals surface area (Å²) in [7, 11) is 0. The summed E-state index contributed by atoms with van der Waals surface area (Å²) in [6.45, 7) is 4.80. The van der Waals surface area contributed by atoms with Gasteiger partial charge in [0.1, 0.15) is 5.58 Å². The number of benzene rings is 1. The molecular weight excluding hydrogens is 250 g/mol. The predicted molar refractivity (Wildman–Crippen MR) is 80.0 cm³/mol. The van der Waals surface area contributed by atoms with Crippen LogP contribution in [0.4, 0.5) is 0 Å². The fraction of sp³-hybridized carbons (Fsp3) is 0.471. The molecule has 3 rings (SSSR count). The highest BCUT2D eigenvalue weighted by molar-refractivity contribution is 5.98. The molecule has 106 valence electrons. The smallest absolute Gasteiger partial charge is 0.211 e. The lowest BCUT2D eigenvalue weighted by molar-refractivity contribution is 0.0918. The third-order valence-electron chi connectivity index (χ3n) is 4.13. The Bertz CT molecular complexity index is 569. The molecule has 0 spiro atoms. The van der Waals surface area contributed by atoms with Gasteiger partial charge in [-0.3, -0.25) is 9.69 Å². The van der Waals surface area contributed by atoms with Gasteiger partial charge in [0.05, 0.1) is 6.54 Å². The zero-order chi connectivity index (χ0) is 13.9. The minimum absolute atomic E-state index is 0.0957. The molecule has 1 aliphatic heterocycles. The molecule has 2 heterocycles. The number of Topliss-reactive ketones (excluding diaryl/α,β-unsaturated/α-hetero) is 1. The normalized spacial score (nSPS) is 19.8. The summed E-state index contributed by atoms with van der Waals surface area (Å²) >= 11 is 0. The predicted octanol–water partition coefficient (Wildman–Crippen LogP) is 3.74. The standard InChI is InChI=1S/C17H21NO2/c1-2-5-13-8-9-18(11-13)12-15(19)17-10-14-6-3-4-7-16(14)20-17/h3-4,6-7,10,13H,2,5,8-9,11-12H2,1H3. The van der Waals surface area contributed by atoms with Crippen LogP contribution in [0.25, 0.3) is 11.0 Å². The molecule has 3 heteroatoms. The lowest BCUT2D eigenvalue weighted by atomic mass is 10.0. The second-order valence-corrected chi connectivity index (χ2v) is 5.75. The number of hydrogen-bond donors (Lipinski definition) is 0. The van der Waals surface area contributed by atoms with E-state index in [4.69, 9.17) is 4.42 Å². The van der Waals surface area contributed by atoms with Crippen molar-refractivity contribution < 1.29 is 9.21 Å². The van der Waals surface area contributed by atoms with Gasteiger partial charge in [-0.25, -0.2) is 0 Å². The lowest BCUT2D eigenvalue weighted by Crippen LogP contribution is -2.27. The third kappa shape index (κ3) is 2.78. The van der Waals surface area contributed by atoms with E-state index in [1.54, 1.807) is 0 Å². The molecule has 1 atom stereocenters. The first-order valence-electron chi connectivity index (χ1n) is 7.50.